The molecule has 5 nitrogen and oxygen atoms in total. The van der Waals surface area contributed by atoms with E-state index in [4.69, 9.17) is 26.2 Å². The third kappa shape index (κ3) is 4.08. The Hall–Kier alpha value is -6.59. The van der Waals surface area contributed by atoms with Gasteiger partial charge in [-0.25, -0.2) is 4.98 Å². The molecule has 0 bridgehead atoms. The van der Waals surface area contributed by atoms with Crippen LogP contribution in [-0.2, 0) is 0 Å². The van der Waals surface area contributed by atoms with E-state index in [-0.39, 0.29) is 23.2 Å². The molecule has 48 heavy (non-hydrogen) atoms. The van der Waals surface area contributed by atoms with Gasteiger partial charge in [-0.1, -0.05) is 133 Å². The lowest BCUT2D eigenvalue weighted by atomic mass is 9.99. The van der Waals surface area contributed by atoms with Crippen LogP contribution in [0.4, 0.5) is 0 Å². The molecule has 10 rings (SSSR count). The summed E-state index contributed by atoms with van der Waals surface area (Å²) in [7, 11) is 0. The summed E-state index contributed by atoms with van der Waals surface area (Å²) in [5.41, 5.74) is 5.39. The number of furan rings is 1. The zero-order chi connectivity index (χ0) is 36.0. The molecule has 3 aromatic heterocycles. The summed E-state index contributed by atoms with van der Waals surface area (Å²) in [6.07, 6.45) is 0. The van der Waals surface area contributed by atoms with Crippen LogP contribution in [0.1, 0.15) is 6.85 Å². The molecule has 10 aromatic rings. The highest BCUT2D eigenvalue weighted by Gasteiger charge is 2.21. The van der Waals surface area contributed by atoms with Crippen molar-refractivity contribution in [3.63, 3.8) is 0 Å². The Morgan fingerprint density at radius 3 is 1.83 bits per heavy atom. The molecular weight excluding hydrogens is 589 g/mol. The summed E-state index contributed by atoms with van der Waals surface area (Å²) in [6.45, 7) is 0. The summed E-state index contributed by atoms with van der Waals surface area (Å²) in [5.74, 6) is 0.420. The molecule has 224 valence electrons. The minimum atomic E-state index is -0.491. The van der Waals surface area contributed by atoms with E-state index < -0.39 is 30.2 Å². The average molecular weight is 620 g/mol. The third-order valence-corrected chi connectivity index (χ3v) is 8.95. The Kier molecular flexibility index (Phi) is 4.81. The number of aromatic nitrogens is 4. The van der Waals surface area contributed by atoms with Crippen LogP contribution in [0.25, 0.3) is 94.4 Å². The molecule has 0 saturated carbocycles. The van der Waals surface area contributed by atoms with E-state index in [9.17, 15) is 0 Å². The van der Waals surface area contributed by atoms with E-state index >= 15 is 0 Å². The third-order valence-electron chi connectivity index (χ3n) is 8.95. The Balaban J connectivity index is 1.27. The Bertz CT molecular complexity index is 3070. The van der Waals surface area contributed by atoms with Crippen LogP contribution in [0.2, 0.25) is 0 Å². The molecule has 0 N–H and O–H groups in total. The van der Waals surface area contributed by atoms with Gasteiger partial charge in [0, 0.05) is 32.7 Å². The number of para-hydroxylation sites is 4. The number of rotatable bonds is 4. The van der Waals surface area contributed by atoms with Crippen LogP contribution in [0, 0.1) is 0 Å². The highest BCUT2D eigenvalue weighted by molar-refractivity contribution is 6.13. The summed E-state index contributed by atoms with van der Waals surface area (Å²) >= 11 is 0. The van der Waals surface area contributed by atoms with Crippen LogP contribution in [-0.4, -0.2) is 19.5 Å². The standard InChI is InChI=1S/C43H26N4O/c1-2-13-28(14-3-1)41-44-42(46-43(45-41)47-37-22-8-6-16-32(37)33-17-7-9-23-38(33)47)36-21-11-20-35-34-19-10-18-31(39(34)48-40(35)36)30-25-24-27-12-4-5-15-29(27)26-30/h1-26H/i1D,2D,3D,13D,14D. The fourth-order valence-corrected chi connectivity index (χ4v) is 6.78. The summed E-state index contributed by atoms with van der Waals surface area (Å²) in [5, 5.41) is 6.06. The number of hydrogen-bond acceptors (Lipinski definition) is 4. The maximum absolute atomic E-state index is 8.82. The SMILES string of the molecule is [2H]c1c([2H])c([2H])c(-c2nc(-c3cccc4c3oc3c(-c5ccc6ccccc6c5)cccc34)nc(-n3c4ccccc4c4ccccc43)n2)c([2H])c1[2H]. The number of fused-ring (bicyclic) bond motifs is 7. The molecule has 0 aliphatic carbocycles. The quantitative estimate of drug-likeness (QED) is 0.197. The Labute approximate surface area is 282 Å². The average Bonchev–Trinajstić information content (AvgIpc) is 3.75. The van der Waals surface area contributed by atoms with Gasteiger partial charge in [0.25, 0.3) is 0 Å². The van der Waals surface area contributed by atoms with E-state index in [1.807, 2.05) is 102 Å². The van der Waals surface area contributed by atoms with Gasteiger partial charge in [0.2, 0.25) is 5.95 Å². The molecule has 0 aliphatic rings. The number of nitrogens with zero attached hydrogens (tertiary/aromatic N) is 4. The first-order valence-electron chi connectivity index (χ1n) is 18.1. The number of benzene rings is 7. The Morgan fingerprint density at radius 1 is 0.479 bits per heavy atom. The van der Waals surface area contributed by atoms with Crippen LogP contribution in [0.15, 0.2) is 162 Å². The normalized spacial score (nSPS) is 13.2. The van der Waals surface area contributed by atoms with Crippen molar-refractivity contribution in [1.82, 2.24) is 19.5 Å². The molecule has 3 heterocycles. The van der Waals surface area contributed by atoms with Crippen molar-refractivity contribution in [2.45, 2.75) is 0 Å². The maximum Gasteiger partial charge on any atom is 0.238 e. The van der Waals surface area contributed by atoms with Gasteiger partial charge < -0.3 is 4.42 Å². The fourth-order valence-electron chi connectivity index (χ4n) is 6.78. The van der Waals surface area contributed by atoms with Crippen LogP contribution >= 0.6 is 0 Å². The van der Waals surface area contributed by atoms with E-state index in [1.165, 1.54) is 0 Å². The van der Waals surface area contributed by atoms with E-state index in [0.717, 1.165) is 54.5 Å². The van der Waals surface area contributed by atoms with Gasteiger partial charge in [-0.15, -0.1) is 0 Å². The Morgan fingerprint density at radius 2 is 1.08 bits per heavy atom. The minimum absolute atomic E-state index is 0.0474. The first-order chi connectivity index (χ1) is 25.9. The summed E-state index contributed by atoms with van der Waals surface area (Å²) in [6, 6.07) is 40.2. The zero-order valence-electron chi connectivity index (χ0n) is 30.3. The first kappa shape index (κ1) is 22.0. The van der Waals surface area contributed by atoms with Crippen molar-refractivity contribution in [3.05, 3.63) is 158 Å². The fraction of sp³-hybridized carbons (Fsp3) is 0. The molecule has 0 aliphatic heterocycles. The zero-order valence-corrected chi connectivity index (χ0v) is 25.3. The summed E-state index contributed by atoms with van der Waals surface area (Å²) in [4.78, 5) is 14.8. The van der Waals surface area contributed by atoms with Crippen LogP contribution < -0.4 is 0 Å². The van der Waals surface area contributed by atoms with Crippen molar-refractivity contribution < 1.29 is 11.3 Å². The molecule has 5 heteroatoms. The highest BCUT2D eigenvalue weighted by Crippen LogP contribution is 2.40. The van der Waals surface area contributed by atoms with Gasteiger partial charge >= 0.3 is 0 Å². The van der Waals surface area contributed by atoms with Crippen molar-refractivity contribution in [2.75, 3.05) is 0 Å². The van der Waals surface area contributed by atoms with Crippen molar-refractivity contribution in [1.29, 1.82) is 0 Å². The second kappa shape index (κ2) is 10.5. The van der Waals surface area contributed by atoms with Gasteiger partial charge in [0.15, 0.2) is 11.6 Å². The van der Waals surface area contributed by atoms with E-state index in [0.29, 0.717) is 16.7 Å². The molecule has 0 amide bonds. The first-order valence-corrected chi connectivity index (χ1v) is 15.6. The van der Waals surface area contributed by atoms with E-state index in [2.05, 4.69) is 30.3 Å². The van der Waals surface area contributed by atoms with Gasteiger partial charge in [0.1, 0.15) is 11.2 Å². The lowest BCUT2D eigenvalue weighted by Crippen LogP contribution is -2.06. The largest absolute Gasteiger partial charge is 0.455 e. The maximum atomic E-state index is 8.82. The predicted molar refractivity (Wildman–Crippen MR) is 195 cm³/mol. The molecule has 0 radical (unpaired) electrons. The van der Waals surface area contributed by atoms with E-state index in [1.54, 1.807) is 0 Å². The van der Waals surface area contributed by atoms with Gasteiger partial charge in [-0.3, -0.25) is 4.57 Å². The van der Waals surface area contributed by atoms with Gasteiger partial charge in [-0.2, -0.15) is 9.97 Å². The lowest BCUT2D eigenvalue weighted by Gasteiger charge is -2.11. The lowest BCUT2D eigenvalue weighted by molar-refractivity contribution is 0.670. The van der Waals surface area contributed by atoms with Crippen molar-refractivity contribution in [3.8, 4) is 39.9 Å². The molecule has 7 aromatic carbocycles. The van der Waals surface area contributed by atoms with Crippen molar-refractivity contribution >= 4 is 54.5 Å². The van der Waals surface area contributed by atoms with Gasteiger partial charge in [0.05, 0.1) is 23.5 Å². The van der Waals surface area contributed by atoms with Crippen LogP contribution in [0.3, 0.4) is 0 Å². The minimum Gasteiger partial charge on any atom is -0.455 e. The molecule has 0 spiro atoms. The molecule has 0 fully saturated rings. The number of hydrogen-bond donors (Lipinski definition) is 0. The summed E-state index contributed by atoms with van der Waals surface area (Å²) < 4.78 is 51.4. The topological polar surface area (TPSA) is 56.7 Å². The molecule has 0 atom stereocenters. The monoisotopic (exact) mass is 619 g/mol. The van der Waals surface area contributed by atoms with Crippen LogP contribution in [0.5, 0.6) is 0 Å². The highest BCUT2D eigenvalue weighted by atomic mass is 16.3. The predicted octanol–water partition coefficient (Wildman–Crippen LogP) is 11.0. The second-order valence-electron chi connectivity index (χ2n) is 11.7. The molecular formula is C43H26N4O. The molecule has 0 unspecified atom stereocenters. The smallest absolute Gasteiger partial charge is 0.238 e. The van der Waals surface area contributed by atoms with Crippen molar-refractivity contribution in [2.24, 2.45) is 0 Å². The second-order valence-corrected chi connectivity index (χ2v) is 11.7. The van der Waals surface area contributed by atoms with Gasteiger partial charge in [-0.05, 0) is 40.6 Å². The molecule has 0 saturated heterocycles.